The van der Waals surface area contributed by atoms with Gasteiger partial charge in [-0.25, -0.2) is 15.0 Å². The second-order valence-corrected chi connectivity index (χ2v) is 10.5. The fourth-order valence-electron chi connectivity index (χ4n) is 4.67. The smallest absolute Gasteiger partial charge is 0.220 e. The van der Waals surface area contributed by atoms with E-state index in [2.05, 4.69) is 47.9 Å². The average Bonchev–Trinajstić information content (AvgIpc) is 3.49. The average molecular weight is 594 g/mol. The zero-order chi connectivity index (χ0) is 29.2. The van der Waals surface area contributed by atoms with Crippen LogP contribution in [0.4, 0.5) is 11.8 Å². The minimum atomic E-state index is 0.119. The summed E-state index contributed by atoms with van der Waals surface area (Å²) in [6.07, 6.45) is 6.34. The zero-order valence-corrected chi connectivity index (χ0v) is 25.9. The Hall–Kier alpha value is -2.59. The molecule has 1 saturated heterocycles. The lowest BCUT2D eigenvalue weighted by molar-refractivity contribution is 0.120. The summed E-state index contributed by atoms with van der Waals surface area (Å²) < 4.78 is 16.5. The number of pyridine rings is 1. The van der Waals surface area contributed by atoms with E-state index in [1.807, 2.05) is 0 Å². The third-order valence-electron chi connectivity index (χ3n) is 7.07. The van der Waals surface area contributed by atoms with Crippen LogP contribution in [0.3, 0.4) is 0 Å². The summed E-state index contributed by atoms with van der Waals surface area (Å²) in [5, 5.41) is 4.73. The first-order valence-corrected chi connectivity index (χ1v) is 14.7. The van der Waals surface area contributed by atoms with E-state index in [4.69, 9.17) is 48.1 Å². The molecule has 11 heteroatoms. The van der Waals surface area contributed by atoms with Crippen molar-refractivity contribution in [3.05, 3.63) is 28.4 Å². The molecule has 0 bridgehead atoms. The number of benzene rings is 1. The number of halogens is 2. The van der Waals surface area contributed by atoms with Crippen molar-refractivity contribution in [3.8, 4) is 22.8 Å². The van der Waals surface area contributed by atoms with Gasteiger partial charge in [0, 0.05) is 42.4 Å². The first-order valence-electron chi connectivity index (χ1n) is 13.9. The third kappa shape index (κ3) is 7.78. The van der Waals surface area contributed by atoms with Crippen molar-refractivity contribution in [2.45, 2.75) is 65.5 Å². The standard InChI is InChI=1S/C20H21Cl2N5O3.C9H21N/c1-28-13-7-14(29-2)17(22)15(16(13)21)12-6-10-8-25-20(23)27-18(10)19(26-12)24-9-11-4-3-5-30-11;1-5-8-10(7-3)9(4)6-2/h6-8,11H,3-5,9H2,1-2H3,(H,24,26)(H2,23,25,27);9H,5-8H2,1-4H3. The van der Waals surface area contributed by atoms with Crippen LogP contribution < -0.4 is 20.5 Å². The van der Waals surface area contributed by atoms with Crippen LogP contribution >= 0.6 is 23.2 Å². The molecule has 1 aromatic carbocycles. The molecule has 2 unspecified atom stereocenters. The van der Waals surface area contributed by atoms with Gasteiger partial charge in [0.05, 0.1) is 36.1 Å². The maximum Gasteiger partial charge on any atom is 0.220 e. The highest BCUT2D eigenvalue weighted by molar-refractivity contribution is 6.41. The van der Waals surface area contributed by atoms with Gasteiger partial charge in [0.1, 0.15) is 17.0 Å². The SMILES string of the molecule is CCCN(CC)C(C)CC.COc1cc(OC)c(Cl)c(-c2cc3cnc(N)nc3c(NCC3CCCO3)n2)c1Cl. The van der Waals surface area contributed by atoms with Crippen molar-refractivity contribution >= 4 is 45.9 Å². The number of methoxy groups -OCH3 is 2. The van der Waals surface area contributed by atoms with Crippen molar-refractivity contribution < 1.29 is 14.2 Å². The number of nitrogen functional groups attached to an aromatic ring is 1. The molecular weight excluding hydrogens is 551 g/mol. The molecule has 40 heavy (non-hydrogen) atoms. The van der Waals surface area contributed by atoms with Crippen molar-refractivity contribution in [1.82, 2.24) is 19.9 Å². The monoisotopic (exact) mass is 592 g/mol. The summed E-state index contributed by atoms with van der Waals surface area (Å²) in [4.78, 5) is 15.7. The van der Waals surface area contributed by atoms with Crippen LogP contribution in [0.5, 0.6) is 11.5 Å². The molecule has 2 atom stereocenters. The number of aromatic nitrogens is 3. The number of hydrogen-bond acceptors (Lipinski definition) is 9. The second-order valence-electron chi connectivity index (χ2n) is 9.71. The number of rotatable bonds is 11. The van der Waals surface area contributed by atoms with Crippen molar-refractivity contribution in [1.29, 1.82) is 0 Å². The van der Waals surface area contributed by atoms with E-state index in [-0.39, 0.29) is 12.1 Å². The predicted octanol–water partition coefficient (Wildman–Crippen LogP) is 6.71. The lowest BCUT2D eigenvalue weighted by atomic mass is 10.1. The topological polar surface area (TPSA) is 108 Å². The van der Waals surface area contributed by atoms with Gasteiger partial charge in [-0.3, -0.25) is 0 Å². The quantitative estimate of drug-likeness (QED) is 0.251. The van der Waals surface area contributed by atoms with Crippen molar-refractivity contribution in [2.24, 2.45) is 0 Å². The summed E-state index contributed by atoms with van der Waals surface area (Å²) in [7, 11) is 3.05. The molecule has 4 rings (SSSR count). The van der Waals surface area contributed by atoms with Crippen LogP contribution in [-0.2, 0) is 4.74 Å². The van der Waals surface area contributed by atoms with E-state index in [1.54, 1.807) is 18.3 Å². The molecule has 9 nitrogen and oxygen atoms in total. The minimum Gasteiger partial charge on any atom is -0.495 e. The van der Waals surface area contributed by atoms with Gasteiger partial charge < -0.3 is 30.2 Å². The van der Waals surface area contributed by atoms with E-state index in [0.29, 0.717) is 50.7 Å². The van der Waals surface area contributed by atoms with Crippen LogP contribution in [0.1, 0.15) is 53.4 Å². The van der Waals surface area contributed by atoms with Gasteiger partial charge in [-0.05, 0) is 51.8 Å². The summed E-state index contributed by atoms with van der Waals surface area (Å²) in [6.45, 7) is 12.9. The highest BCUT2D eigenvalue weighted by Crippen LogP contribution is 2.46. The maximum absolute atomic E-state index is 6.59. The number of nitrogens with two attached hydrogens (primary N) is 1. The van der Waals surface area contributed by atoms with Gasteiger partial charge in [0.15, 0.2) is 5.82 Å². The molecule has 0 spiro atoms. The van der Waals surface area contributed by atoms with E-state index in [9.17, 15) is 0 Å². The van der Waals surface area contributed by atoms with Crippen molar-refractivity contribution in [2.75, 3.05) is 51.5 Å². The predicted molar refractivity (Wildman–Crippen MR) is 165 cm³/mol. The molecule has 3 N–H and O–H groups in total. The molecule has 0 saturated carbocycles. The van der Waals surface area contributed by atoms with Crippen LogP contribution in [0, 0.1) is 0 Å². The molecule has 0 amide bonds. The van der Waals surface area contributed by atoms with Gasteiger partial charge in [0.2, 0.25) is 5.95 Å². The highest BCUT2D eigenvalue weighted by atomic mass is 35.5. The first kappa shape index (κ1) is 31.9. The number of nitrogens with zero attached hydrogens (tertiary/aromatic N) is 4. The zero-order valence-electron chi connectivity index (χ0n) is 24.4. The summed E-state index contributed by atoms with van der Waals surface area (Å²) >= 11 is 13.2. The van der Waals surface area contributed by atoms with Gasteiger partial charge in [-0.15, -0.1) is 0 Å². The molecule has 3 heterocycles. The number of hydrogen-bond donors (Lipinski definition) is 2. The van der Waals surface area contributed by atoms with Gasteiger partial charge in [-0.1, -0.05) is 44.0 Å². The van der Waals surface area contributed by atoms with Crippen LogP contribution in [0.2, 0.25) is 10.0 Å². The summed E-state index contributed by atoms with van der Waals surface area (Å²) in [5.74, 6) is 1.56. The Bertz CT molecular complexity index is 1230. The molecule has 1 aliphatic rings. The van der Waals surface area contributed by atoms with Gasteiger partial charge >= 0.3 is 0 Å². The van der Waals surface area contributed by atoms with Crippen LogP contribution in [0.25, 0.3) is 22.2 Å². The molecule has 1 fully saturated rings. The Morgan fingerprint density at radius 3 is 2.38 bits per heavy atom. The molecule has 1 aliphatic heterocycles. The van der Waals surface area contributed by atoms with E-state index in [0.717, 1.165) is 30.9 Å². The normalized spacial score (nSPS) is 15.6. The molecule has 3 aromatic rings. The minimum absolute atomic E-state index is 0.119. The largest absolute Gasteiger partial charge is 0.495 e. The Morgan fingerprint density at radius 2 is 1.82 bits per heavy atom. The Morgan fingerprint density at radius 1 is 1.12 bits per heavy atom. The Balaban J connectivity index is 0.000000378. The number of anilines is 2. The van der Waals surface area contributed by atoms with Gasteiger partial charge in [-0.2, -0.15) is 0 Å². The number of nitrogens with one attached hydrogen (secondary N) is 1. The van der Waals surface area contributed by atoms with E-state index in [1.165, 1.54) is 40.2 Å². The summed E-state index contributed by atoms with van der Waals surface area (Å²) in [5.41, 5.74) is 7.43. The summed E-state index contributed by atoms with van der Waals surface area (Å²) in [6, 6.07) is 4.21. The fraction of sp³-hybridized carbons (Fsp3) is 0.552. The highest BCUT2D eigenvalue weighted by Gasteiger charge is 2.22. The lowest BCUT2D eigenvalue weighted by Crippen LogP contribution is -2.32. The Labute approximate surface area is 247 Å². The van der Waals surface area contributed by atoms with Crippen molar-refractivity contribution in [3.63, 3.8) is 0 Å². The fourth-order valence-corrected chi connectivity index (χ4v) is 5.36. The van der Waals surface area contributed by atoms with E-state index < -0.39 is 0 Å². The molecule has 220 valence electrons. The lowest BCUT2D eigenvalue weighted by Gasteiger charge is -2.26. The van der Waals surface area contributed by atoms with Crippen LogP contribution in [-0.4, -0.2) is 72.5 Å². The molecule has 0 aliphatic carbocycles. The second kappa shape index (κ2) is 15.4. The van der Waals surface area contributed by atoms with Crippen LogP contribution in [0.15, 0.2) is 18.3 Å². The third-order valence-corrected chi connectivity index (χ3v) is 7.82. The maximum atomic E-state index is 6.59. The first-order chi connectivity index (χ1) is 19.3. The molecular formula is C29H42Cl2N6O3. The Kier molecular flexibility index (Phi) is 12.3. The number of fused-ring (bicyclic) bond motifs is 1. The molecule has 2 aromatic heterocycles. The number of ether oxygens (including phenoxy) is 3. The molecule has 0 radical (unpaired) electrons. The van der Waals surface area contributed by atoms with Gasteiger partial charge in [0.25, 0.3) is 0 Å². The van der Waals surface area contributed by atoms with E-state index >= 15 is 0 Å².